The summed E-state index contributed by atoms with van der Waals surface area (Å²) in [7, 11) is 0. The van der Waals surface area contributed by atoms with Crippen molar-refractivity contribution in [2.24, 2.45) is 0 Å². The number of nitrogens with two attached hydrogens (primary N) is 1. The maximum Gasteiger partial charge on any atom is 0.288 e. The monoisotopic (exact) mass is 196 g/mol. The summed E-state index contributed by atoms with van der Waals surface area (Å²) in [6.07, 6.45) is 3.06. The number of aromatic nitrogens is 2. The molecule has 72 valence electrons. The zero-order chi connectivity index (χ0) is 10.7. The van der Waals surface area contributed by atoms with E-state index in [0.29, 0.717) is 17.2 Å². The maximum absolute atomic E-state index is 6.84. The Hall–Kier alpha value is -2.41. The first kappa shape index (κ1) is 9.16. The third-order valence-corrected chi connectivity index (χ3v) is 1.94. The molecule has 0 unspecified atom stereocenters. The molecule has 1 heterocycles. The first-order valence-electron chi connectivity index (χ1n) is 4.35. The Morgan fingerprint density at radius 2 is 1.87 bits per heavy atom. The van der Waals surface area contributed by atoms with E-state index in [1.165, 1.54) is 6.20 Å². The van der Waals surface area contributed by atoms with Gasteiger partial charge in [0.25, 0.3) is 5.82 Å². The highest BCUT2D eigenvalue weighted by molar-refractivity contribution is 5.62. The van der Waals surface area contributed by atoms with E-state index in [1.54, 1.807) is 18.3 Å². The van der Waals surface area contributed by atoms with Crippen LogP contribution in [-0.4, -0.2) is 9.97 Å². The summed E-state index contributed by atoms with van der Waals surface area (Å²) in [6, 6.07) is 7.29. The summed E-state index contributed by atoms with van der Waals surface area (Å²) in [6.45, 7) is 6.84. The molecule has 0 aliphatic heterocycles. The Morgan fingerprint density at radius 3 is 2.53 bits per heavy atom. The summed E-state index contributed by atoms with van der Waals surface area (Å²) in [4.78, 5) is 11.3. The van der Waals surface area contributed by atoms with Crippen molar-refractivity contribution in [1.82, 2.24) is 9.97 Å². The Balaban J connectivity index is 2.46. The van der Waals surface area contributed by atoms with Crippen LogP contribution in [-0.2, 0) is 0 Å². The molecule has 2 N–H and O–H groups in total. The molecule has 0 aliphatic rings. The van der Waals surface area contributed by atoms with Gasteiger partial charge in [0.2, 0.25) is 0 Å². The molecule has 1 aromatic heterocycles. The molecule has 0 bridgehead atoms. The van der Waals surface area contributed by atoms with E-state index in [0.717, 1.165) is 5.56 Å². The number of nitrogen functional groups attached to an aromatic ring is 1. The first-order valence-corrected chi connectivity index (χ1v) is 4.35. The average molecular weight is 196 g/mol. The predicted molar refractivity (Wildman–Crippen MR) is 58.1 cm³/mol. The second-order valence-electron chi connectivity index (χ2n) is 3.00. The van der Waals surface area contributed by atoms with Crippen LogP contribution in [0.3, 0.4) is 0 Å². The van der Waals surface area contributed by atoms with Crippen LogP contribution in [0.1, 0.15) is 0 Å². The van der Waals surface area contributed by atoms with Crippen LogP contribution >= 0.6 is 0 Å². The van der Waals surface area contributed by atoms with Gasteiger partial charge in [-0.25, -0.2) is 0 Å². The molecular formula is C11H8N4. The van der Waals surface area contributed by atoms with E-state index in [2.05, 4.69) is 14.8 Å². The molecule has 0 spiro atoms. The largest absolute Gasteiger partial charge is 0.399 e. The molecule has 0 atom stereocenters. The van der Waals surface area contributed by atoms with Gasteiger partial charge < -0.3 is 10.6 Å². The van der Waals surface area contributed by atoms with Gasteiger partial charge in [0, 0.05) is 11.3 Å². The van der Waals surface area contributed by atoms with Gasteiger partial charge in [-0.2, -0.15) is 0 Å². The van der Waals surface area contributed by atoms with E-state index in [9.17, 15) is 0 Å². The Bertz CT molecular complexity index is 511. The quantitative estimate of drug-likeness (QED) is 0.562. The standard InChI is InChI=1S/C11H8N4/c1-13-11-7-14-6-10(15-11)8-2-4-9(12)5-3-8/h2-7H,12H2. The van der Waals surface area contributed by atoms with E-state index in [1.807, 2.05) is 12.1 Å². The number of benzene rings is 1. The topological polar surface area (TPSA) is 56.2 Å². The van der Waals surface area contributed by atoms with Crippen LogP contribution < -0.4 is 5.73 Å². The normalized spacial score (nSPS) is 9.53. The third kappa shape index (κ3) is 1.92. The fourth-order valence-electron chi connectivity index (χ4n) is 1.20. The van der Waals surface area contributed by atoms with Gasteiger partial charge >= 0.3 is 0 Å². The van der Waals surface area contributed by atoms with Crippen molar-refractivity contribution in [1.29, 1.82) is 0 Å². The first-order chi connectivity index (χ1) is 7.29. The minimum atomic E-state index is 0.296. The van der Waals surface area contributed by atoms with Crippen molar-refractivity contribution >= 4 is 11.5 Å². The summed E-state index contributed by atoms with van der Waals surface area (Å²) in [5.41, 5.74) is 7.87. The lowest BCUT2D eigenvalue weighted by molar-refractivity contribution is 1.23. The molecule has 4 heteroatoms. The Labute approximate surface area is 87.2 Å². The molecule has 1 aromatic carbocycles. The van der Waals surface area contributed by atoms with Crippen LogP contribution in [0.5, 0.6) is 0 Å². The third-order valence-electron chi connectivity index (χ3n) is 1.94. The molecule has 0 amide bonds. The highest BCUT2D eigenvalue weighted by Crippen LogP contribution is 2.19. The lowest BCUT2D eigenvalue weighted by atomic mass is 10.1. The van der Waals surface area contributed by atoms with Crippen molar-refractivity contribution in [3.63, 3.8) is 0 Å². The molecule has 4 nitrogen and oxygen atoms in total. The molecule has 0 saturated heterocycles. The van der Waals surface area contributed by atoms with E-state index >= 15 is 0 Å². The molecule has 0 saturated carbocycles. The zero-order valence-electron chi connectivity index (χ0n) is 7.88. The van der Waals surface area contributed by atoms with Gasteiger partial charge in [-0.3, -0.25) is 4.98 Å². The van der Waals surface area contributed by atoms with E-state index in [-0.39, 0.29) is 0 Å². The Kier molecular flexibility index (Phi) is 2.30. The molecule has 0 fully saturated rings. The van der Waals surface area contributed by atoms with Gasteiger partial charge in [0.1, 0.15) is 0 Å². The molecule has 0 aliphatic carbocycles. The van der Waals surface area contributed by atoms with Gasteiger partial charge in [0.15, 0.2) is 5.69 Å². The van der Waals surface area contributed by atoms with Gasteiger partial charge in [-0.05, 0) is 24.3 Å². The second kappa shape index (κ2) is 3.76. The van der Waals surface area contributed by atoms with Crippen molar-refractivity contribution in [3.05, 3.63) is 48.1 Å². The molecule has 2 rings (SSSR count). The highest BCUT2D eigenvalue weighted by atomic mass is 14.9. The second-order valence-corrected chi connectivity index (χ2v) is 3.00. The fourth-order valence-corrected chi connectivity index (χ4v) is 1.20. The maximum atomic E-state index is 6.84. The predicted octanol–water partition coefficient (Wildman–Crippen LogP) is 2.28. The molecule has 15 heavy (non-hydrogen) atoms. The number of nitrogens with zero attached hydrogens (tertiary/aromatic N) is 3. The van der Waals surface area contributed by atoms with Gasteiger partial charge in [0.05, 0.1) is 12.4 Å². The highest BCUT2D eigenvalue weighted by Gasteiger charge is 2.04. The van der Waals surface area contributed by atoms with Gasteiger partial charge in [-0.15, -0.1) is 4.98 Å². The zero-order valence-corrected chi connectivity index (χ0v) is 7.88. The summed E-state index contributed by atoms with van der Waals surface area (Å²) in [5, 5.41) is 0. The SMILES string of the molecule is [C-]#[N+]c1cncc(-c2ccc(N)cc2)n1. The van der Waals surface area contributed by atoms with Crippen molar-refractivity contribution in [3.8, 4) is 11.3 Å². The average Bonchev–Trinajstić information content (AvgIpc) is 2.30. The van der Waals surface area contributed by atoms with Crippen LogP contribution in [0.15, 0.2) is 36.7 Å². The minimum Gasteiger partial charge on any atom is -0.399 e. The van der Waals surface area contributed by atoms with E-state index in [4.69, 9.17) is 12.3 Å². The Morgan fingerprint density at radius 1 is 1.13 bits per heavy atom. The molecule has 2 aromatic rings. The van der Waals surface area contributed by atoms with Crippen molar-refractivity contribution in [2.45, 2.75) is 0 Å². The van der Waals surface area contributed by atoms with Crippen LogP contribution in [0, 0.1) is 6.57 Å². The fraction of sp³-hybridized carbons (Fsp3) is 0. The minimum absolute atomic E-state index is 0.296. The summed E-state index contributed by atoms with van der Waals surface area (Å²) in [5.74, 6) is 0.296. The van der Waals surface area contributed by atoms with Crippen molar-refractivity contribution < 1.29 is 0 Å². The summed E-state index contributed by atoms with van der Waals surface area (Å²) >= 11 is 0. The summed E-state index contributed by atoms with van der Waals surface area (Å²) < 4.78 is 0. The number of hydrogen-bond donors (Lipinski definition) is 1. The number of rotatable bonds is 1. The number of hydrogen-bond acceptors (Lipinski definition) is 3. The lowest BCUT2D eigenvalue weighted by Crippen LogP contribution is -1.87. The van der Waals surface area contributed by atoms with E-state index < -0.39 is 0 Å². The van der Waals surface area contributed by atoms with Crippen LogP contribution in [0.25, 0.3) is 16.1 Å². The number of anilines is 1. The van der Waals surface area contributed by atoms with Crippen LogP contribution in [0.2, 0.25) is 0 Å². The van der Waals surface area contributed by atoms with Crippen LogP contribution in [0.4, 0.5) is 11.5 Å². The molecule has 0 radical (unpaired) electrons. The lowest BCUT2D eigenvalue weighted by Gasteiger charge is -1.97. The molecular weight excluding hydrogens is 188 g/mol. The van der Waals surface area contributed by atoms with Gasteiger partial charge in [-0.1, -0.05) is 6.57 Å². The van der Waals surface area contributed by atoms with Crippen molar-refractivity contribution in [2.75, 3.05) is 5.73 Å². The smallest absolute Gasteiger partial charge is 0.288 e.